The van der Waals surface area contributed by atoms with Crippen molar-refractivity contribution in [1.29, 1.82) is 0 Å². The van der Waals surface area contributed by atoms with E-state index in [4.69, 9.17) is 0 Å². The summed E-state index contributed by atoms with van der Waals surface area (Å²) in [6, 6.07) is 11.1. The van der Waals surface area contributed by atoms with Gasteiger partial charge in [-0.2, -0.15) is 0 Å². The van der Waals surface area contributed by atoms with E-state index >= 15 is 0 Å². The van der Waals surface area contributed by atoms with Crippen molar-refractivity contribution in [2.24, 2.45) is 7.05 Å². The molecule has 18 heavy (non-hydrogen) atoms. The van der Waals surface area contributed by atoms with Crippen molar-refractivity contribution in [1.82, 2.24) is 14.9 Å². The number of imidazole rings is 1. The number of aryl methyl sites for hydroxylation is 2. The number of rotatable bonds is 6. The molecule has 0 aliphatic heterocycles. The highest BCUT2D eigenvalue weighted by atomic mass is 15.0. The molecule has 0 aliphatic rings. The van der Waals surface area contributed by atoms with Crippen LogP contribution in [0.15, 0.2) is 42.7 Å². The van der Waals surface area contributed by atoms with Gasteiger partial charge in [-0.15, -0.1) is 0 Å². The van der Waals surface area contributed by atoms with E-state index in [0.717, 1.165) is 25.1 Å². The van der Waals surface area contributed by atoms with Crippen LogP contribution in [-0.2, 0) is 19.9 Å². The summed E-state index contributed by atoms with van der Waals surface area (Å²) in [5.74, 6) is 1.16. The lowest BCUT2D eigenvalue weighted by molar-refractivity contribution is 0.510. The van der Waals surface area contributed by atoms with Crippen LogP contribution in [0.1, 0.15) is 17.8 Å². The first-order chi connectivity index (χ1) is 8.79. The van der Waals surface area contributed by atoms with Crippen molar-refractivity contribution in [3.05, 3.63) is 54.1 Å². The van der Waals surface area contributed by atoms with Crippen LogP contribution in [0.2, 0.25) is 0 Å². The van der Waals surface area contributed by atoms with Gasteiger partial charge in [0, 0.05) is 31.9 Å². The van der Waals surface area contributed by atoms with E-state index in [9.17, 15) is 0 Å². The largest absolute Gasteiger partial charge is 0.338 e. The molecule has 0 saturated carbocycles. The molecule has 0 amide bonds. The topological polar surface area (TPSA) is 29.9 Å². The molecule has 0 aliphatic carbocycles. The van der Waals surface area contributed by atoms with Gasteiger partial charge in [-0.1, -0.05) is 30.3 Å². The van der Waals surface area contributed by atoms with Crippen molar-refractivity contribution in [2.45, 2.75) is 25.3 Å². The maximum Gasteiger partial charge on any atom is 0.108 e. The zero-order valence-electron chi connectivity index (χ0n) is 11.1. The monoisotopic (exact) mass is 243 g/mol. The number of nitrogens with one attached hydrogen (secondary N) is 1. The number of benzene rings is 1. The number of likely N-dealkylation sites (N-methyl/N-ethyl adjacent to an activating group) is 1. The Kier molecular flexibility index (Phi) is 4.53. The third-order valence-corrected chi connectivity index (χ3v) is 3.37. The van der Waals surface area contributed by atoms with Gasteiger partial charge in [-0.3, -0.25) is 0 Å². The average Bonchev–Trinajstić information content (AvgIpc) is 2.81. The maximum absolute atomic E-state index is 4.36. The minimum Gasteiger partial charge on any atom is -0.338 e. The third-order valence-electron chi connectivity index (χ3n) is 3.37. The molecule has 2 rings (SSSR count). The van der Waals surface area contributed by atoms with Crippen LogP contribution in [0.25, 0.3) is 0 Å². The molecule has 1 atom stereocenters. The number of nitrogens with zero attached hydrogens (tertiary/aromatic N) is 2. The standard InChI is InChI=1S/C15H21N3/c1-16-14(12-13-6-4-3-5-7-13)8-9-15-17-10-11-18(15)2/h3-7,10-11,14,16H,8-9,12H2,1-2H3. The minimum absolute atomic E-state index is 0.504. The summed E-state index contributed by atoms with van der Waals surface area (Å²) in [6.45, 7) is 0. The van der Waals surface area contributed by atoms with Gasteiger partial charge in [0.25, 0.3) is 0 Å². The fourth-order valence-corrected chi connectivity index (χ4v) is 2.19. The molecular weight excluding hydrogens is 222 g/mol. The predicted molar refractivity (Wildman–Crippen MR) is 74.5 cm³/mol. The number of hydrogen-bond acceptors (Lipinski definition) is 2. The molecule has 1 heterocycles. The molecule has 96 valence electrons. The molecule has 0 radical (unpaired) electrons. The SMILES string of the molecule is CNC(CCc1nccn1C)Cc1ccccc1. The summed E-state index contributed by atoms with van der Waals surface area (Å²) >= 11 is 0. The lowest BCUT2D eigenvalue weighted by Gasteiger charge is -2.16. The second kappa shape index (κ2) is 6.36. The highest BCUT2D eigenvalue weighted by Gasteiger charge is 2.09. The summed E-state index contributed by atoms with van der Waals surface area (Å²) in [4.78, 5) is 4.36. The highest BCUT2D eigenvalue weighted by molar-refractivity contribution is 5.15. The Balaban J connectivity index is 1.88. The van der Waals surface area contributed by atoms with Crippen molar-refractivity contribution in [2.75, 3.05) is 7.05 Å². The fraction of sp³-hybridized carbons (Fsp3) is 0.400. The van der Waals surface area contributed by atoms with E-state index in [1.165, 1.54) is 5.56 Å². The maximum atomic E-state index is 4.36. The van der Waals surface area contributed by atoms with Crippen LogP contribution in [-0.4, -0.2) is 22.6 Å². The summed E-state index contributed by atoms with van der Waals surface area (Å²) < 4.78 is 2.09. The van der Waals surface area contributed by atoms with Crippen molar-refractivity contribution in [3.63, 3.8) is 0 Å². The van der Waals surface area contributed by atoms with Crippen molar-refractivity contribution >= 4 is 0 Å². The van der Waals surface area contributed by atoms with E-state index in [0.29, 0.717) is 6.04 Å². The molecule has 1 N–H and O–H groups in total. The van der Waals surface area contributed by atoms with E-state index < -0.39 is 0 Å². The van der Waals surface area contributed by atoms with Gasteiger partial charge in [-0.25, -0.2) is 4.98 Å². The van der Waals surface area contributed by atoms with Crippen molar-refractivity contribution in [3.8, 4) is 0 Å². The summed E-state index contributed by atoms with van der Waals surface area (Å²) in [7, 11) is 4.08. The van der Waals surface area contributed by atoms with Gasteiger partial charge < -0.3 is 9.88 Å². The Morgan fingerprint density at radius 3 is 2.67 bits per heavy atom. The lowest BCUT2D eigenvalue weighted by Crippen LogP contribution is -2.28. The molecule has 1 aromatic heterocycles. The first-order valence-corrected chi connectivity index (χ1v) is 6.47. The van der Waals surface area contributed by atoms with Gasteiger partial charge in [0.1, 0.15) is 5.82 Å². The first-order valence-electron chi connectivity index (χ1n) is 6.47. The molecule has 1 unspecified atom stereocenters. The Hall–Kier alpha value is -1.61. The van der Waals surface area contributed by atoms with Gasteiger partial charge >= 0.3 is 0 Å². The van der Waals surface area contributed by atoms with Crippen LogP contribution >= 0.6 is 0 Å². The van der Waals surface area contributed by atoms with E-state index in [1.54, 1.807) is 0 Å². The molecular formula is C15H21N3. The predicted octanol–water partition coefficient (Wildman–Crippen LogP) is 2.18. The molecule has 3 heteroatoms. The molecule has 0 bridgehead atoms. The normalized spacial score (nSPS) is 12.6. The molecule has 2 aromatic rings. The molecule has 0 fully saturated rings. The van der Waals surface area contributed by atoms with Gasteiger partial charge in [0.05, 0.1) is 0 Å². The average molecular weight is 243 g/mol. The van der Waals surface area contributed by atoms with Gasteiger partial charge in [0.2, 0.25) is 0 Å². The molecule has 0 spiro atoms. The van der Waals surface area contributed by atoms with Crippen molar-refractivity contribution < 1.29 is 0 Å². The van der Waals surface area contributed by atoms with Crippen LogP contribution in [0.3, 0.4) is 0 Å². The number of aromatic nitrogens is 2. The molecule has 3 nitrogen and oxygen atoms in total. The fourth-order valence-electron chi connectivity index (χ4n) is 2.19. The van der Waals surface area contributed by atoms with Gasteiger partial charge in [0.15, 0.2) is 0 Å². The highest BCUT2D eigenvalue weighted by Crippen LogP contribution is 2.08. The summed E-state index contributed by atoms with van der Waals surface area (Å²) in [6.07, 6.45) is 7.06. The van der Waals surface area contributed by atoms with Gasteiger partial charge in [-0.05, 0) is 25.5 Å². The second-order valence-corrected chi connectivity index (χ2v) is 4.67. The van der Waals surface area contributed by atoms with Crippen LogP contribution in [0, 0.1) is 0 Å². The van der Waals surface area contributed by atoms with E-state index in [-0.39, 0.29) is 0 Å². The van der Waals surface area contributed by atoms with Crippen LogP contribution in [0.4, 0.5) is 0 Å². The lowest BCUT2D eigenvalue weighted by atomic mass is 10.0. The Morgan fingerprint density at radius 2 is 2.06 bits per heavy atom. The quantitative estimate of drug-likeness (QED) is 0.843. The summed E-state index contributed by atoms with van der Waals surface area (Å²) in [5, 5.41) is 3.40. The van der Waals surface area contributed by atoms with E-state index in [2.05, 4.69) is 45.2 Å². The zero-order valence-corrected chi connectivity index (χ0v) is 11.1. The first kappa shape index (κ1) is 12.8. The Bertz CT molecular complexity index is 462. The Labute approximate surface area is 109 Å². The van der Waals surface area contributed by atoms with Crippen LogP contribution < -0.4 is 5.32 Å². The second-order valence-electron chi connectivity index (χ2n) is 4.67. The third kappa shape index (κ3) is 3.44. The smallest absolute Gasteiger partial charge is 0.108 e. The van der Waals surface area contributed by atoms with E-state index in [1.807, 2.05) is 26.5 Å². The zero-order chi connectivity index (χ0) is 12.8. The number of hydrogen-bond donors (Lipinski definition) is 1. The van der Waals surface area contributed by atoms with Crippen LogP contribution in [0.5, 0.6) is 0 Å². The minimum atomic E-state index is 0.504. The molecule has 1 aromatic carbocycles. The molecule has 0 saturated heterocycles. The Morgan fingerprint density at radius 1 is 1.28 bits per heavy atom. The summed E-state index contributed by atoms with van der Waals surface area (Å²) in [5.41, 5.74) is 1.39.